The summed E-state index contributed by atoms with van der Waals surface area (Å²) in [6.45, 7) is 0. The summed E-state index contributed by atoms with van der Waals surface area (Å²) in [7, 11) is 2.12. The zero-order valence-electron chi connectivity index (χ0n) is 11.6. The van der Waals surface area contributed by atoms with Gasteiger partial charge in [0.2, 0.25) is 0 Å². The Hall–Kier alpha value is -1.45. The average Bonchev–Trinajstić information content (AvgIpc) is 2.47. The minimum Gasteiger partial charge on any atom is -0.356 e. The number of nitrogens with zero attached hydrogens (tertiary/aromatic N) is 3. The molecule has 102 valence electrons. The van der Waals surface area contributed by atoms with Crippen LogP contribution < -0.4 is 4.90 Å². The zero-order chi connectivity index (χ0) is 13.2. The largest absolute Gasteiger partial charge is 0.356 e. The van der Waals surface area contributed by atoms with Crippen LogP contribution in [0.25, 0.3) is 0 Å². The van der Waals surface area contributed by atoms with Crippen molar-refractivity contribution in [2.24, 2.45) is 0 Å². The van der Waals surface area contributed by atoms with E-state index in [1.807, 2.05) is 0 Å². The van der Waals surface area contributed by atoms with E-state index in [9.17, 15) is 4.79 Å². The topological polar surface area (TPSA) is 46.1 Å². The summed E-state index contributed by atoms with van der Waals surface area (Å²) in [5.74, 6) is 1.51. The molecule has 4 heteroatoms. The van der Waals surface area contributed by atoms with E-state index in [1.165, 1.54) is 24.1 Å². The second kappa shape index (κ2) is 5.27. The highest BCUT2D eigenvalue weighted by Gasteiger charge is 2.26. The maximum Gasteiger partial charge on any atom is 0.135 e. The maximum atomic E-state index is 11.4. The van der Waals surface area contributed by atoms with E-state index in [2.05, 4.69) is 21.9 Å². The molecule has 0 bridgehead atoms. The standard InChI is InChI=1S/C15H21N3O/c1-18(11-6-8-12(19)9-7-11)15-13-4-2-3-5-14(13)16-10-17-15/h10-11H,2-9H2,1H3. The molecule has 1 saturated carbocycles. The summed E-state index contributed by atoms with van der Waals surface area (Å²) >= 11 is 0. The van der Waals surface area contributed by atoms with Crippen molar-refractivity contribution in [3.63, 3.8) is 0 Å². The van der Waals surface area contributed by atoms with Crippen LogP contribution in [0, 0.1) is 0 Å². The third-order valence-electron chi connectivity index (χ3n) is 4.50. The fourth-order valence-corrected chi connectivity index (χ4v) is 3.29. The molecule has 0 aliphatic heterocycles. The Balaban J connectivity index is 1.83. The van der Waals surface area contributed by atoms with Crippen LogP contribution in [-0.2, 0) is 17.6 Å². The SMILES string of the molecule is CN(c1ncnc2c1CCCC2)C1CCC(=O)CC1. The number of aromatic nitrogens is 2. The van der Waals surface area contributed by atoms with Crippen molar-refractivity contribution in [1.82, 2.24) is 9.97 Å². The van der Waals surface area contributed by atoms with Crippen LogP contribution >= 0.6 is 0 Å². The third-order valence-corrected chi connectivity index (χ3v) is 4.50. The highest BCUT2D eigenvalue weighted by molar-refractivity contribution is 5.79. The fourth-order valence-electron chi connectivity index (χ4n) is 3.29. The number of rotatable bonds is 2. The zero-order valence-corrected chi connectivity index (χ0v) is 11.6. The van der Waals surface area contributed by atoms with Crippen LogP contribution in [0.15, 0.2) is 6.33 Å². The van der Waals surface area contributed by atoms with E-state index in [0.29, 0.717) is 11.8 Å². The first-order valence-corrected chi connectivity index (χ1v) is 7.33. The van der Waals surface area contributed by atoms with Gasteiger partial charge in [-0.2, -0.15) is 0 Å². The Morgan fingerprint density at radius 3 is 2.63 bits per heavy atom. The predicted octanol–water partition coefficient (Wildman–Crippen LogP) is 2.30. The van der Waals surface area contributed by atoms with Crippen LogP contribution in [0.1, 0.15) is 49.8 Å². The molecule has 0 N–H and O–H groups in total. The quantitative estimate of drug-likeness (QED) is 0.817. The lowest BCUT2D eigenvalue weighted by molar-refractivity contribution is -0.120. The Bertz CT molecular complexity index is 476. The van der Waals surface area contributed by atoms with Gasteiger partial charge in [-0.05, 0) is 38.5 Å². The summed E-state index contributed by atoms with van der Waals surface area (Å²) in [4.78, 5) is 22.6. The van der Waals surface area contributed by atoms with Crippen LogP contribution in [0.4, 0.5) is 5.82 Å². The number of ketones is 1. The minimum absolute atomic E-state index is 0.411. The highest BCUT2D eigenvalue weighted by atomic mass is 16.1. The molecule has 0 spiro atoms. The summed E-state index contributed by atoms with van der Waals surface area (Å²) in [5, 5.41) is 0. The van der Waals surface area contributed by atoms with Gasteiger partial charge < -0.3 is 4.90 Å². The molecule has 1 aromatic heterocycles. The van der Waals surface area contributed by atoms with Gasteiger partial charge in [-0.1, -0.05) is 0 Å². The van der Waals surface area contributed by atoms with Crippen LogP contribution in [0.3, 0.4) is 0 Å². The molecule has 1 heterocycles. The third kappa shape index (κ3) is 2.48. The van der Waals surface area contributed by atoms with E-state index >= 15 is 0 Å². The van der Waals surface area contributed by atoms with Crippen LogP contribution in [-0.4, -0.2) is 28.8 Å². The molecule has 4 nitrogen and oxygen atoms in total. The molecule has 0 amide bonds. The number of carbonyl (C=O) groups is 1. The van der Waals surface area contributed by atoms with E-state index in [4.69, 9.17) is 0 Å². The molecule has 0 saturated heterocycles. The normalized spacial score (nSPS) is 20.2. The first-order chi connectivity index (χ1) is 9.25. The first-order valence-electron chi connectivity index (χ1n) is 7.33. The molecule has 19 heavy (non-hydrogen) atoms. The number of Topliss-reactive ketones (excluding diaryl/α,β-unsaturated/α-hetero) is 1. The molecule has 1 fully saturated rings. The smallest absolute Gasteiger partial charge is 0.135 e. The summed E-state index contributed by atoms with van der Waals surface area (Å²) in [6, 6.07) is 0.457. The van der Waals surface area contributed by atoms with E-state index in [-0.39, 0.29) is 0 Å². The lowest BCUT2D eigenvalue weighted by Crippen LogP contribution is -2.36. The van der Waals surface area contributed by atoms with Crippen molar-refractivity contribution < 1.29 is 4.79 Å². The van der Waals surface area contributed by atoms with E-state index in [0.717, 1.165) is 44.3 Å². The number of anilines is 1. The minimum atomic E-state index is 0.411. The predicted molar refractivity (Wildman–Crippen MR) is 74.3 cm³/mol. The number of hydrogen-bond donors (Lipinski definition) is 0. The molecular weight excluding hydrogens is 238 g/mol. The van der Waals surface area contributed by atoms with E-state index < -0.39 is 0 Å². The Morgan fingerprint density at radius 1 is 1.11 bits per heavy atom. The second-order valence-electron chi connectivity index (χ2n) is 5.71. The van der Waals surface area contributed by atoms with Crippen molar-refractivity contribution in [3.8, 4) is 0 Å². The van der Waals surface area contributed by atoms with E-state index in [1.54, 1.807) is 6.33 Å². The van der Waals surface area contributed by atoms with Gasteiger partial charge in [0.1, 0.15) is 17.9 Å². The number of aryl methyl sites for hydroxylation is 1. The van der Waals surface area contributed by atoms with Gasteiger partial charge in [0, 0.05) is 37.2 Å². The van der Waals surface area contributed by atoms with Crippen molar-refractivity contribution in [2.45, 2.75) is 57.4 Å². The van der Waals surface area contributed by atoms with Crippen molar-refractivity contribution in [1.29, 1.82) is 0 Å². The van der Waals surface area contributed by atoms with Crippen LogP contribution in [0.2, 0.25) is 0 Å². The first kappa shape index (κ1) is 12.6. The fraction of sp³-hybridized carbons (Fsp3) is 0.667. The van der Waals surface area contributed by atoms with Gasteiger partial charge in [0.05, 0.1) is 0 Å². The van der Waals surface area contributed by atoms with Gasteiger partial charge in [0.15, 0.2) is 0 Å². The van der Waals surface area contributed by atoms with Gasteiger partial charge in [-0.25, -0.2) is 9.97 Å². The van der Waals surface area contributed by atoms with Gasteiger partial charge in [-0.3, -0.25) is 4.79 Å². The molecule has 3 rings (SSSR count). The number of fused-ring (bicyclic) bond motifs is 1. The molecular formula is C15H21N3O. The number of carbonyl (C=O) groups excluding carboxylic acids is 1. The van der Waals surface area contributed by atoms with Crippen molar-refractivity contribution >= 4 is 11.6 Å². The highest BCUT2D eigenvalue weighted by Crippen LogP contribution is 2.30. The Labute approximate surface area is 114 Å². The monoisotopic (exact) mass is 259 g/mol. The Morgan fingerprint density at radius 2 is 1.84 bits per heavy atom. The number of hydrogen-bond acceptors (Lipinski definition) is 4. The summed E-state index contributed by atoms with van der Waals surface area (Å²) in [6.07, 6.45) is 9.75. The molecule has 0 unspecified atom stereocenters. The Kier molecular flexibility index (Phi) is 3.49. The maximum absolute atomic E-state index is 11.4. The van der Waals surface area contributed by atoms with Crippen molar-refractivity contribution in [3.05, 3.63) is 17.6 Å². The molecule has 0 aromatic carbocycles. The second-order valence-corrected chi connectivity index (χ2v) is 5.71. The lowest BCUT2D eigenvalue weighted by Gasteiger charge is -2.33. The van der Waals surface area contributed by atoms with Gasteiger partial charge in [-0.15, -0.1) is 0 Å². The molecule has 1 aromatic rings. The average molecular weight is 259 g/mol. The molecule has 2 aliphatic rings. The summed E-state index contributed by atoms with van der Waals surface area (Å²) < 4.78 is 0. The molecule has 0 radical (unpaired) electrons. The molecule has 2 aliphatic carbocycles. The molecule has 0 atom stereocenters. The van der Waals surface area contributed by atoms with Gasteiger partial charge >= 0.3 is 0 Å². The van der Waals surface area contributed by atoms with Crippen LogP contribution in [0.5, 0.6) is 0 Å². The van der Waals surface area contributed by atoms with Crippen molar-refractivity contribution in [2.75, 3.05) is 11.9 Å². The lowest BCUT2D eigenvalue weighted by atomic mass is 9.92. The van der Waals surface area contributed by atoms with Gasteiger partial charge in [0.25, 0.3) is 0 Å². The summed E-state index contributed by atoms with van der Waals surface area (Å²) in [5.41, 5.74) is 2.57.